The fourth-order valence-electron chi connectivity index (χ4n) is 1.20. The Bertz CT molecular complexity index is 527. The van der Waals surface area contributed by atoms with Crippen LogP contribution in [-0.2, 0) is 14.3 Å². The zero-order valence-corrected chi connectivity index (χ0v) is 10.2. The average molecular weight is 261 g/mol. The molecule has 5 nitrogen and oxygen atoms in total. The summed E-state index contributed by atoms with van der Waals surface area (Å²) in [7, 11) is -2.77. The van der Waals surface area contributed by atoms with Crippen LogP contribution in [0.4, 0.5) is 4.39 Å². The first kappa shape index (κ1) is 13.6. The molecule has 0 spiro atoms. The van der Waals surface area contributed by atoms with E-state index in [1.807, 2.05) is 0 Å². The van der Waals surface area contributed by atoms with E-state index >= 15 is 0 Å². The lowest BCUT2D eigenvalue weighted by atomic mass is 10.2. The molecule has 0 saturated heterocycles. The minimum absolute atomic E-state index is 0.0483. The van der Waals surface area contributed by atoms with Crippen LogP contribution in [0, 0.1) is 5.82 Å². The topological polar surface area (TPSA) is 72.5 Å². The van der Waals surface area contributed by atoms with Gasteiger partial charge in [-0.05, 0) is 25.1 Å². The fraction of sp³-hybridized carbons (Fsp3) is 0.300. The van der Waals surface area contributed by atoms with E-state index in [0.717, 1.165) is 12.1 Å². The third-order valence-electron chi connectivity index (χ3n) is 1.96. The molecule has 1 aromatic rings. The lowest BCUT2D eigenvalue weighted by molar-refractivity contribution is 0.0963. The van der Waals surface area contributed by atoms with Crippen molar-refractivity contribution in [1.82, 2.24) is 5.32 Å². The number of carbonyl (C=O) groups excluding carboxylic acids is 1. The Morgan fingerprint density at radius 2 is 2.12 bits per heavy atom. The summed E-state index contributed by atoms with van der Waals surface area (Å²) in [4.78, 5) is 10.7. The van der Waals surface area contributed by atoms with E-state index in [4.69, 9.17) is 0 Å². The molecule has 0 radical (unpaired) electrons. The summed E-state index contributed by atoms with van der Waals surface area (Å²) < 4.78 is 40.9. The van der Waals surface area contributed by atoms with Crippen molar-refractivity contribution in [2.75, 3.05) is 13.7 Å². The number of halogens is 1. The first-order chi connectivity index (χ1) is 7.92. The van der Waals surface area contributed by atoms with Crippen LogP contribution in [-0.4, -0.2) is 28.0 Å². The normalized spacial score (nSPS) is 11.2. The van der Waals surface area contributed by atoms with Gasteiger partial charge in [-0.2, -0.15) is 8.42 Å². The molecule has 0 unspecified atom stereocenters. The van der Waals surface area contributed by atoms with Crippen molar-refractivity contribution in [3.05, 3.63) is 29.6 Å². The van der Waals surface area contributed by atoms with Gasteiger partial charge in [0.05, 0.1) is 6.61 Å². The average Bonchev–Trinajstić information content (AvgIpc) is 2.28. The van der Waals surface area contributed by atoms with Gasteiger partial charge in [0.1, 0.15) is 10.7 Å². The second-order valence-electron chi connectivity index (χ2n) is 3.08. The molecule has 0 fully saturated rings. The van der Waals surface area contributed by atoms with E-state index in [0.29, 0.717) is 0 Å². The molecule has 0 bridgehead atoms. The van der Waals surface area contributed by atoms with Crippen molar-refractivity contribution >= 4 is 16.0 Å². The highest BCUT2D eigenvalue weighted by molar-refractivity contribution is 7.86. The Hall–Kier alpha value is -1.47. The number of amides is 1. The predicted octanol–water partition coefficient (Wildman–Crippen LogP) is 0.910. The lowest BCUT2D eigenvalue weighted by Crippen LogP contribution is -2.19. The molecule has 0 aliphatic heterocycles. The summed E-state index contributed by atoms with van der Waals surface area (Å²) in [5, 5.41) is 2.31. The number of benzene rings is 1. The van der Waals surface area contributed by atoms with Crippen molar-refractivity contribution in [2.45, 2.75) is 11.8 Å². The highest BCUT2D eigenvalue weighted by Crippen LogP contribution is 2.18. The maximum atomic E-state index is 13.4. The summed E-state index contributed by atoms with van der Waals surface area (Å²) in [6.45, 7) is 1.37. The summed E-state index contributed by atoms with van der Waals surface area (Å²) in [5.41, 5.74) is 0.0483. The van der Waals surface area contributed by atoms with Crippen molar-refractivity contribution < 1.29 is 21.8 Å². The third kappa shape index (κ3) is 3.01. The maximum absolute atomic E-state index is 13.4. The molecule has 0 aliphatic rings. The fourth-order valence-corrected chi connectivity index (χ4v) is 2.21. The molecule has 0 aromatic heterocycles. The van der Waals surface area contributed by atoms with Crippen molar-refractivity contribution in [3.63, 3.8) is 0 Å². The van der Waals surface area contributed by atoms with Gasteiger partial charge >= 0.3 is 0 Å². The molecular weight excluding hydrogens is 249 g/mol. The van der Waals surface area contributed by atoms with Crippen LogP contribution in [0.5, 0.6) is 0 Å². The van der Waals surface area contributed by atoms with Crippen molar-refractivity contribution in [3.8, 4) is 0 Å². The van der Waals surface area contributed by atoms with E-state index in [1.54, 1.807) is 0 Å². The van der Waals surface area contributed by atoms with Crippen molar-refractivity contribution in [1.29, 1.82) is 0 Å². The van der Waals surface area contributed by atoms with Gasteiger partial charge in [0.2, 0.25) is 0 Å². The van der Waals surface area contributed by atoms with Crippen LogP contribution in [0.25, 0.3) is 0 Å². The van der Waals surface area contributed by atoms with E-state index in [9.17, 15) is 17.6 Å². The molecule has 1 amide bonds. The number of hydrogen-bond donors (Lipinski definition) is 1. The van der Waals surface area contributed by atoms with Crippen molar-refractivity contribution in [2.24, 2.45) is 0 Å². The molecule has 1 rings (SSSR count). The van der Waals surface area contributed by atoms with E-state index < -0.39 is 26.7 Å². The van der Waals surface area contributed by atoms with Crippen LogP contribution < -0.4 is 5.32 Å². The SMILES string of the molecule is CCOS(=O)(=O)c1cc(C(=O)NC)ccc1F. The van der Waals surface area contributed by atoms with E-state index in [1.165, 1.54) is 20.0 Å². The quantitative estimate of drug-likeness (QED) is 0.818. The molecular formula is C10H12FNO4S. The number of rotatable bonds is 4. The Labute approximate surface area is 98.7 Å². The molecule has 0 saturated carbocycles. The number of carbonyl (C=O) groups is 1. The predicted molar refractivity (Wildman–Crippen MR) is 58.6 cm³/mol. The van der Waals surface area contributed by atoms with Gasteiger partial charge in [-0.15, -0.1) is 0 Å². The molecule has 1 N–H and O–H groups in total. The molecule has 0 aliphatic carbocycles. The minimum atomic E-state index is -4.16. The van der Waals surface area contributed by atoms with Gasteiger partial charge in [-0.1, -0.05) is 0 Å². The Kier molecular flexibility index (Phi) is 4.19. The molecule has 1 aromatic carbocycles. The molecule has 7 heteroatoms. The number of hydrogen-bond acceptors (Lipinski definition) is 4. The molecule has 0 heterocycles. The zero-order chi connectivity index (χ0) is 13.1. The van der Waals surface area contributed by atoms with Gasteiger partial charge in [0.15, 0.2) is 0 Å². The summed E-state index contributed by atoms with van der Waals surface area (Å²) in [6, 6.07) is 3.05. The Morgan fingerprint density at radius 3 is 2.65 bits per heavy atom. The summed E-state index contributed by atoms with van der Waals surface area (Å²) in [6.07, 6.45) is 0. The lowest BCUT2D eigenvalue weighted by Gasteiger charge is -2.06. The zero-order valence-electron chi connectivity index (χ0n) is 9.36. The van der Waals surface area contributed by atoms with Crippen LogP contribution in [0.15, 0.2) is 23.1 Å². The monoisotopic (exact) mass is 261 g/mol. The molecule has 17 heavy (non-hydrogen) atoms. The smallest absolute Gasteiger partial charge is 0.299 e. The third-order valence-corrected chi connectivity index (χ3v) is 3.36. The first-order valence-electron chi connectivity index (χ1n) is 4.83. The van der Waals surface area contributed by atoms with Gasteiger partial charge in [0.25, 0.3) is 16.0 Å². The van der Waals surface area contributed by atoms with Gasteiger partial charge < -0.3 is 5.32 Å². The Morgan fingerprint density at radius 1 is 1.47 bits per heavy atom. The molecule has 0 atom stereocenters. The Balaban J connectivity index is 3.29. The molecule has 94 valence electrons. The van der Waals surface area contributed by atoms with Gasteiger partial charge in [0, 0.05) is 12.6 Å². The first-order valence-corrected chi connectivity index (χ1v) is 6.24. The maximum Gasteiger partial charge on any atom is 0.299 e. The minimum Gasteiger partial charge on any atom is -0.355 e. The van der Waals surface area contributed by atoms with Crippen LogP contribution in [0.3, 0.4) is 0 Å². The van der Waals surface area contributed by atoms with E-state index in [-0.39, 0.29) is 12.2 Å². The van der Waals surface area contributed by atoms with Crippen LogP contribution >= 0.6 is 0 Å². The van der Waals surface area contributed by atoms with Crippen LogP contribution in [0.1, 0.15) is 17.3 Å². The summed E-state index contributed by atoms with van der Waals surface area (Å²) >= 11 is 0. The number of nitrogens with one attached hydrogen (secondary N) is 1. The van der Waals surface area contributed by atoms with Gasteiger partial charge in [-0.25, -0.2) is 4.39 Å². The van der Waals surface area contributed by atoms with Crippen LogP contribution in [0.2, 0.25) is 0 Å². The largest absolute Gasteiger partial charge is 0.355 e. The summed E-state index contributed by atoms with van der Waals surface area (Å²) in [5.74, 6) is -1.45. The highest BCUT2D eigenvalue weighted by atomic mass is 32.2. The standard InChI is InChI=1S/C10H12FNO4S/c1-3-16-17(14,15)9-6-7(10(13)12-2)4-5-8(9)11/h4-6H,3H2,1-2H3,(H,12,13). The van der Waals surface area contributed by atoms with E-state index in [2.05, 4.69) is 9.50 Å². The second-order valence-corrected chi connectivity index (χ2v) is 4.67. The second kappa shape index (κ2) is 5.24. The highest BCUT2D eigenvalue weighted by Gasteiger charge is 2.21. The van der Waals surface area contributed by atoms with Gasteiger partial charge in [-0.3, -0.25) is 8.98 Å².